The van der Waals surface area contributed by atoms with E-state index in [1.807, 2.05) is 30.3 Å². The largest absolute Gasteiger partial charge is 0.507 e. The predicted octanol–water partition coefficient (Wildman–Crippen LogP) is 3.44. The van der Waals surface area contributed by atoms with Gasteiger partial charge >= 0.3 is 0 Å². The minimum absolute atomic E-state index is 0. The minimum Gasteiger partial charge on any atom is -0.507 e. The molecule has 5 heteroatoms. The molecule has 5 nitrogen and oxygen atoms in total. The van der Waals surface area contributed by atoms with Gasteiger partial charge in [0.25, 0.3) is 5.91 Å². The topological polar surface area (TPSA) is 86.1 Å². The van der Waals surface area contributed by atoms with E-state index in [2.05, 4.69) is 10.3 Å². The third kappa shape index (κ3) is 2.64. The van der Waals surface area contributed by atoms with Gasteiger partial charge in [-0.15, -0.1) is 0 Å². The Morgan fingerprint density at radius 3 is 2.77 bits per heavy atom. The molecule has 1 aromatic heterocycles. The second-order valence-electron chi connectivity index (χ2n) is 4.76. The number of aromatic hydroxyl groups is 1. The van der Waals surface area contributed by atoms with Gasteiger partial charge in [-0.05, 0) is 24.3 Å². The zero-order valence-corrected chi connectivity index (χ0v) is 11.6. The number of pyridine rings is 1. The van der Waals surface area contributed by atoms with Crippen LogP contribution >= 0.6 is 0 Å². The smallest absolute Gasteiger partial charge is 0.274 e. The van der Waals surface area contributed by atoms with Crippen molar-refractivity contribution < 1.29 is 11.3 Å². The van der Waals surface area contributed by atoms with E-state index >= 15 is 0 Å². The van der Waals surface area contributed by atoms with Gasteiger partial charge in [0.15, 0.2) is 0 Å². The second kappa shape index (κ2) is 5.65. The number of benzene rings is 2. The third-order valence-corrected chi connectivity index (χ3v) is 3.27. The summed E-state index contributed by atoms with van der Waals surface area (Å²) >= 11 is 0. The number of nitrogens with one attached hydrogen (secondary N) is 2. The molecule has 0 bridgehead atoms. The number of para-hydroxylation sites is 1. The number of hydrogen-bond donors (Lipinski definition) is 3. The van der Waals surface area contributed by atoms with Crippen LogP contribution in [0.3, 0.4) is 0 Å². The van der Waals surface area contributed by atoms with Crippen molar-refractivity contribution in [1.29, 1.82) is 5.41 Å². The van der Waals surface area contributed by atoms with E-state index in [0.29, 0.717) is 16.9 Å². The van der Waals surface area contributed by atoms with Crippen LogP contribution in [0.1, 0.15) is 17.5 Å². The first-order valence-corrected chi connectivity index (χ1v) is 6.68. The van der Waals surface area contributed by atoms with Crippen LogP contribution in [0.2, 0.25) is 0 Å². The SMILES string of the molecule is N=Cc1ccc(NC(=O)c2ccc3ccccc3n2)cc1O.[HH]. The van der Waals surface area contributed by atoms with E-state index in [1.165, 1.54) is 6.07 Å². The number of amides is 1. The molecule has 0 aliphatic rings. The average molecular weight is 293 g/mol. The number of rotatable bonds is 3. The molecule has 0 aliphatic carbocycles. The highest BCUT2D eigenvalue weighted by Crippen LogP contribution is 2.21. The maximum atomic E-state index is 12.2. The number of fused-ring (bicyclic) bond motifs is 1. The fourth-order valence-electron chi connectivity index (χ4n) is 2.13. The van der Waals surface area contributed by atoms with Crippen molar-refractivity contribution in [2.45, 2.75) is 0 Å². The Kier molecular flexibility index (Phi) is 3.53. The second-order valence-corrected chi connectivity index (χ2v) is 4.76. The van der Waals surface area contributed by atoms with E-state index in [4.69, 9.17) is 5.41 Å². The first-order chi connectivity index (χ1) is 10.7. The van der Waals surface area contributed by atoms with Crippen LogP contribution in [-0.4, -0.2) is 22.2 Å². The Morgan fingerprint density at radius 2 is 2.00 bits per heavy atom. The third-order valence-electron chi connectivity index (χ3n) is 3.27. The van der Waals surface area contributed by atoms with Gasteiger partial charge in [0, 0.05) is 30.3 Å². The standard InChI is InChI=1S/C17H13N3O2.H2/c18-10-12-5-7-13(9-16(12)21)19-17(22)15-8-6-11-3-1-2-4-14(11)20-15;/h1-10,18,21H,(H,19,22);1H. The Balaban J connectivity index is 0.00000192. The molecule has 0 spiro atoms. The molecule has 0 saturated carbocycles. The van der Waals surface area contributed by atoms with Crippen LogP contribution in [0.15, 0.2) is 54.6 Å². The molecular weight excluding hydrogens is 278 g/mol. The minimum atomic E-state index is -0.354. The molecular formula is C17H15N3O2. The van der Waals surface area contributed by atoms with Gasteiger partial charge in [0.1, 0.15) is 11.4 Å². The van der Waals surface area contributed by atoms with E-state index in [0.717, 1.165) is 17.1 Å². The number of anilines is 1. The average Bonchev–Trinajstić information content (AvgIpc) is 2.54. The molecule has 3 rings (SSSR count). The number of carbonyl (C=O) groups is 1. The summed E-state index contributed by atoms with van der Waals surface area (Å²) < 4.78 is 0. The van der Waals surface area contributed by atoms with Gasteiger partial charge in [-0.25, -0.2) is 4.98 Å². The van der Waals surface area contributed by atoms with Gasteiger partial charge in [0.05, 0.1) is 5.52 Å². The van der Waals surface area contributed by atoms with Crippen LogP contribution in [0.25, 0.3) is 10.9 Å². The Bertz CT molecular complexity index is 881. The summed E-state index contributed by atoms with van der Waals surface area (Å²) in [6.07, 6.45) is 1.05. The number of aromatic nitrogens is 1. The van der Waals surface area contributed by atoms with E-state index in [1.54, 1.807) is 18.2 Å². The molecule has 1 amide bonds. The highest BCUT2D eigenvalue weighted by Gasteiger charge is 2.09. The molecule has 110 valence electrons. The normalized spacial score (nSPS) is 10.4. The number of carbonyl (C=O) groups excluding carboxylic acids is 1. The fraction of sp³-hybridized carbons (Fsp3) is 0. The maximum Gasteiger partial charge on any atom is 0.274 e. The van der Waals surface area contributed by atoms with Crippen molar-refractivity contribution >= 4 is 28.7 Å². The van der Waals surface area contributed by atoms with Gasteiger partial charge in [-0.1, -0.05) is 24.3 Å². The Morgan fingerprint density at radius 1 is 1.18 bits per heavy atom. The summed E-state index contributed by atoms with van der Waals surface area (Å²) in [5.74, 6) is -0.410. The summed E-state index contributed by atoms with van der Waals surface area (Å²) in [5, 5.41) is 20.5. The predicted molar refractivity (Wildman–Crippen MR) is 87.8 cm³/mol. The van der Waals surface area contributed by atoms with Crippen molar-refractivity contribution in [3.8, 4) is 5.75 Å². The lowest BCUT2D eigenvalue weighted by molar-refractivity contribution is 0.102. The van der Waals surface area contributed by atoms with Crippen LogP contribution < -0.4 is 5.32 Å². The highest BCUT2D eigenvalue weighted by atomic mass is 16.3. The monoisotopic (exact) mass is 293 g/mol. The van der Waals surface area contributed by atoms with Crippen molar-refractivity contribution in [3.05, 3.63) is 65.9 Å². The summed E-state index contributed by atoms with van der Waals surface area (Å²) in [7, 11) is 0. The lowest BCUT2D eigenvalue weighted by Gasteiger charge is -2.07. The lowest BCUT2D eigenvalue weighted by atomic mass is 10.2. The van der Waals surface area contributed by atoms with Crippen LogP contribution in [0.4, 0.5) is 5.69 Å². The first kappa shape index (κ1) is 13.8. The van der Waals surface area contributed by atoms with Gasteiger partial charge < -0.3 is 15.8 Å². The summed E-state index contributed by atoms with van der Waals surface area (Å²) in [6.45, 7) is 0. The number of phenolic OH excluding ortho intramolecular Hbond substituents is 1. The van der Waals surface area contributed by atoms with Gasteiger partial charge in [-0.3, -0.25) is 4.79 Å². The van der Waals surface area contributed by atoms with Crippen LogP contribution in [-0.2, 0) is 0 Å². The van der Waals surface area contributed by atoms with Crippen molar-refractivity contribution in [1.82, 2.24) is 4.98 Å². The molecule has 0 fully saturated rings. The maximum absolute atomic E-state index is 12.2. The molecule has 22 heavy (non-hydrogen) atoms. The molecule has 2 aromatic carbocycles. The van der Waals surface area contributed by atoms with Crippen molar-refractivity contribution in [2.24, 2.45) is 0 Å². The molecule has 1 heterocycles. The molecule has 3 aromatic rings. The van der Waals surface area contributed by atoms with E-state index in [-0.39, 0.29) is 13.1 Å². The number of nitrogens with zero attached hydrogens (tertiary/aromatic N) is 1. The van der Waals surface area contributed by atoms with Gasteiger partial charge in [-0.2, -0.15) is 0 Å². The number of hydrogen-bond acceptors (Lipinski definition) is 4. The van der Waals surface area contributed by atoms with E-state index < -0.39 is 0 Å². The summed E-state index contributed by atoms with van der Waals surface area (Å²) in [4.78, 5) is 16.5. The van der Waals surface area contributed by atoms with Crippen molar-refractivity contribution in [3.63, 3.8) is 0 Å². The Labute approximate surface area is 128 Å². The first-order valence-electron chi connectivity index (χ1n) is 6.68. The molecule has 0 aliphatic heterocycles. The van der Waals surface area contributed by atoms with Crippen LogP contribution in [0.5, 0.6) is 5.75 Å². The Hall–Kier alpha value is -3.21. The molecule has 0 radical (unpaired) electrons. The number of phenols is 1. The summed E-state index contributed by atoms with van der Waals surface area (Å²) in [5.41, 5.74) is 1.89. The molecule has 3 N–H and O–H groups in total. The highest BCUT2D eigenvalue weighted by molar-refractivity contribution is 6.04. The van der Waals surface area contributed by atoms with E-state index in [9.17, 15) is 9.90 Å². The quantitative estimate of drug-likeness (QED) is 0.646. The molecule has 0 unspecified atom stereocenters. The molecule has 0 saturated heterocycles. The lowest BCUT2D eigenvalue weighted by Crippen LogP contribution is -2.13. The van der Waals surface area contributed by atoms with Gasteiger partial charge in [0.2, 0.25) is 0 Å². The zero-order chi connectivity index (χ0) is 15.5. The van der Waals surface area contributed by atoms with Crippen molar-refractivity contribution in [2.75, 3.05) is 5.32 Å². The fourth-order valence-corrected chi connectivity index (χ4v) is 2.13. The zero-order valence-electron chi connectivity index (χ0n) is 11.6. The van der Waals surface area contributed by atoms with Crippen LogP contribution in [0, 0.1) is 5.41 Å². The molecule has 0 atom stereocenters. The summed E-state index contributed by atoms with van der Waals surface area (Å²) in [6, 6.07) is 15.6.